The van der Waals surface area contributed by atoms with E-state index in [0.717, 1.165) is 12.8 Å². The Kier molecular flexibility index (Phi) is 3.35. The van der Waals surface area contributed by atoms with Gasteiger partial charge in [-0.2, -0.15) is 0 Å². The molecular formula is C15H17N. The van der Waals surface area contributed by atoms with Crippen molar-refractivity contribution < 1.29 is 0 Å². The normalized spacial score (nSPS) is 10.4. The summed E-state index contributed by atoms with van der Waals surface area (Å²) in [6.07, 6.45) is 5.91. The van der Waals surface area contributed by atoms with Gasteiger partial charge in [0.25, 0.3) is 0 Å². The smallest absolute Gasteiger partial charge is 0.0346 e. The van der Waals surface area contributed by atoms with Crippen LogP contribution in [0.4, 0.5) is 0 Å². The molecule has 0 unspecified atom stereocenters. The molecule has 1 aromatic heterocycles. The van der Waals surface area contributed by atoms with E-state index in [1.54, 1.807) is 0 Å². The minimum atomic E-state index is 1.08. The molecule has 2 rings (SSSR count). The maximum Gasteiger partial charge on any atom is 0.0346 e. The molecule has 0 spiro atoms. The highest BCUT2D eigenvalue weighted by atomic mass is 14.6. The quantitative estimate of drug-likeness (QED) is 0.751. The van der Waals surface area contributed by atoms with Crippen LogP contribution in [0.15, 0.2) is 42.7 Å². The van der Waals surface area contributed by atoms with Gasteiger partial charge >= 0.3 is 0 Å². The van der Waals surface area contributed by atoms with Crippen molar-refractivity contribution in [1.29, 1.82) is 0 Å². The van der Waals surface area contributed by atoms with E-state index in [9.17, 15) is 0 Å². The van der Waals surface area contributed by atoms with Crippen LogP contribution in [0.1, 0.15) is 25.0 Å². The summed E-state index contributed by atoms with van der Waals surface area (Å²) in [5, 5.41) is 0. The van der Waals surface area contributed by atoms with E-state index in [1.165, 1.54) is 22.3 Å². The predicted octanol–water partition coefficient (Wildman–Crippen LogP) is 3.87. The van der Waals surface area contributed by atoms with E-state index < -0.39 is 0 Å². The van der Waals surface area contributed by atoms with Crippen molar-refractivity contribution in [2.24, 2.45) is 0 Å². The summed E-state index contributed by atoms with van der Waals surface area (Å²) in [6, 6.07) is 10.9. The lowest BCUT2D eigenvalue weighted by Crippen LogP contribution is -1.89. The van der Waals surface area contributed by atoms with Gasteiger partial charge in [0.15, 0.2) is 0 Å². The Morgan fingerprint density at radius 1 is 0.938 bits per heavy atom. The van der Waals surface area contributed by atoms with Gasteiger partial charge in [-0.05, 0) is 35.6 Å². The summed E-state index contributed by atoms with van der Waals surface area (Å²) in [5.41, 5.74) is 5.29. The summed E-state index contributed by atoms with van der Waals surface area (Å²) in [6.45, 7) is 4.39. The Bertz CT molecular complexity index is 438. The van der Waals surface area contributed by atoms with Crippen LogP contribution >= 0.6 is 0 Å². The van der Waals surface area contributed by atoms with Crippen molar-refractivity contribution in [2.75, 3.05) is 0 Å². The Balaban J connectivity index is 2.48. The topological polar surface area (TPSA) is 12.9 Å². The third-order valence-corrected chi connectivity index (χ3v) is 2.86. The van der Waals surface area contributed by atoms with Gasteiger partial charge < -0.3 is 0 Å². The standard InChI is InChI=1S/C15H17N/c1-3-12-8-13(4-2)10-15(9-12)14-6-5-7-16-11-14/h5-11H,3-4H2,1-2H3. The fourth-order valence-electron chi connectivity index (χ4n) is 1.87. The van der Waals surface area contributed by atoms with Crippen molar-refractivity contribution in [3.63, 3.8) is 0 Å². The third-order valence-electron chi connectivity index (χ3n) is 2.86. The van der Waals surface area contributed by atoms with Crippen molar-refractivity contribution in [1.82, 2.24) is 4.98 Å². The second-order valence-electron chi connectivity index (χ2n) is 3.99. The molecule has 2 aromatic rings. The van der Waals surface area contributed by atoms with Gasteiger partial charge in [-0.3, -0.25) is 4.98 Å². The summed E-state index contributed by atoms with van der Waals surface area (Å²) >= 11 is 0. The molecule has 1 heterocycles. The molecule has 0 saturated carbocycles. The number of nitrogens with zero attached hydrogens (tertiary/aromatic N) is 1. The zero-order valence-corrected chi connectivity index (χ0v) is 9.90. The lowest BCUT2D eigenvalue weighted by atomic mass is 9.99. The number of benzene rings is 1. The summed E-state index contributed by atoms with van der Waals surface area (Å²) < 4.78 is 0. The largest absolute Gasteiger partial charge is 0.264 e. The van der Waals surface area contributed by atoms with E-state index >= 15 is 0 Å². The Morgan fingerprint density at radius 3 is 2.12 bits per heavy atom. The number of hydrogen-bond donors (Lipinski definition) is 0. The highest BCUT2D eigenvalue weighted by Crippen LogP contribution is 2.22. The van der Waals surface area contributed by atoms with Crippen LogP contribution in [0.3, 0.4) is 0 Å². The third kappa shape index (κ3) is 2.30. The van der Waals surface area contributed by atoms with Crippen molar-refractivity contribution in [2.45, 2.75) is 26.7 Å². The lowest BCUT2D eigenvalue weighted by Gasteiger charge is -2.07. The van der Waals surface area contributed by atoms with Crippen LogP contribution in [-0.4, -0.2) is 4.98 Å². The van der Waals surface area contributed by atoms with Crippen molar-refractivity contribution >= 4 is 0 Å². The average molecular weight is 211 g/mol. The van der Waals surface area contributed by atoms with Gasteiger partial charge in [0, 0.05) is 18.0 Å². The lowest BCUT2D eigenvalue weighted by molar-refractivity contribution is 1.09. The predicted molar refractivity (Wildman–Crippen MR) is 68.4 cm³/mol. The van der Waals surface area contributed by atoms with Gasteiger partial charge in [-0.15, -0.1) is 0 Å². The SMILES string of the molecule is CCc1cc(CC)cc(-c2cccnc2)c1. The van der Waals surface area contributed by atoms with Gasteiger partial charge in [-0.25, -0.2) is 0 Å². The Hall–Kier alpha value is -1.63. The molecule has 82 valence electrons. The van der Waals surface area contributed by atoms with Crippen LogP contribution in [0, 0.1) is 0 Å². The molecule has 1 nitrogen and oxygen atoms in total. The Labute approximate surface area is 97.2 Å². The van der Waals surface area contributed by atoms with Crippen molar-refractivity contribution in [3.05, 3.63) is 53.9 Å². The van der Waals surface area contributed by atoms with Crippen molar-refractivity contribution in [3.8, 4) is 11.1 Å². The fourth-order valence-corrected chi connectivity index (χ4v) is 1.87. The average Bonchev–Trinajstić information content (AvgIpc) is 2.39. The summed E-state index contributed by atoms with van der Waals surface area (Å²) in [5.74, 6) is 0. The Morgan fingerprint density at radius 2 is 1.62 bits per heavy atom. The highest BCUT2D eigenvalue weighted by Gasteiger charge is 2.01. The second-order valence-corrected chi connectivity index (χ2v) is 3.99. The first-order valence-electron chi connectivity index (χ1n) is 5.86. The fraction of sp³-hybridized carbons (Fsp3) is 0.267. The highest BCUT2D eigenvalue weighted by molar-refractivity contribution is 5.64. The molecule has 0 aliphatic rings. The number of hydrogen-bond acceptors (Lipinski definition) is 1. The minimum absolute atomic E-state index is 1.08. The molecule has 0 atom stereocenters. The van der Waals surface area contributed by atoms with Crippen LogP contribution in [0.5, 0.6) is 0 Å². The van der Waals surface area contributed by atoms with E-state index in [0.29, 0.717) is 0 Å². The van der Waals surface area contributed by atoms with Crippen LogP contribution < -0.4 is 0 Å². The number of aryl methyl sites for hydroxylation is 2. The molecule has 0 N–H and O–H groups in total. The first-order valence-corrected chi connectivity index (χ1v) is 5.86. The molecule has 0 aliphatic heterocycles. The summed E-state index contributed by atoms with van der Waals surface area (Å²) in [7, 11) is 0. The molecule has 0 radical (unpaired) electrons. The minimum Gasteiger partial charge on any atom is -0.264 e. The number of pyridine rings is 1. The van der Waals surface area contributed by atoms with E-state index in [-0.39, 0.29) is 0 Å². The maximum absolute atomic E-state index is 4.17. The second kappa shape index (κ2) is 4.93. The molecule has 0 saturated heterocycles. The number of rotatable bonds is 3. The van der Waals surface area contributed by atoms with Crippen LogP contribution in [-0.2, 0) is 12.8 Å². The van der Waals surface area contributed by atoms with Gasteiger partial charge in [0.2, 0.25) is 0 Å². The zero-order valence-electron chi connectivity index (χ0n) is 9.90. The van der Waals surface area contributed by atoms with E-state index in [2.05, 4.69) is 43.1 Å². The molecule has 0 aliphatic carbocycles. The van der Waals surface area contributed by atoms with Gasteiger partial charge in [0.1, 0.15) is 0 Å². The van der Waals surface area contributed by atoms with E-state index in [1.807, 2.05) is 18.5 Å². The number of aromatic nitrogens is 1. The van der Waals surface area contributed by atoms with Crippen LogP contribution in [0.2, 0.25) is 0 Å². The zero-order chi connectivity index (χ0) is 11.4. The molecule has 0 fully saturated rings. The first-order chi connectivity index (χ1) is 7.83. The van der Waals surface area contributed by atoms with E-state index in [4.69, 9.17) is 0 Å². The molecular weight excluding hydrogens is 194 g/mol. The molecule has 0 amide bonds. The van der Waals surface area contributed by atoms with Gasteiger partial charge in [-0.1, -0.05) is 38.1 Å². The monoisotopic (exact) mass is 211 g/mol. The van der Waals surface area contributed by atoms with Gasteiger partial charge in [0.05, 0.1) is 0 Å². The molecule has 16 heavy (non-hydrogen) atoms. The molecule has 0 bridgehead atoms. The first kappa shape index (κ1) is 10.9. The van der Waals surface area contributed by atoms with Crippen LogP contribution in [0.25, 0.3) is 11.1 Å². The molecule has 1 aromatic carbocycles. The molecule has 1 heteroatoms. The summed E-state index contributed by atoms with van der Waals surface area (Å²) in [4.78, 5) is 4.17. The maximum atomic E-state index is 4.17.